The van der Waals surface area contributed by atoms with E-state index >= 15 is 0 Å². The molecule has 5 rings (SSSR count). The Balaban J connectivity index is 1.69. The molecule has 0 saturated carbocycles. The highest BCUT2D eigenvalue weighted by Crippen LogP contribution is 2.39. The molecule has 168 valence electrons. The van der Waals surface area contributed by atoms with Crippen LogP contribution in [0.3, 0.4) is 0 Å². The van der Waals surface area contributed by atoms with Crippen LogP contribution in [0.4, 0.5) is 23.5 Å². The Kier molecular flexibility index (Phi) is 4.97. The van der Waals surface area contributed by atoms with Gasteiger partial charge in [0.05, 0.1) is 11.4 Å². The van der Waals surface area contributed by atoms with Gasteiger partial charge in [-0.2, -0.15) is 23.3 Å². The van der Waals surface area contributed by atoms with Crippen LogP contribution in [0.1, 0.15) is 28.7 Å². The maximum absolute atomic E-state index is 13.4. The summed E-state index contributed by atoms with van der Waals surface area (Å²) in [6, 6.07) is 13.8. The third-order valence-corrected chi connectivity index (χ3v) is 5.58. The molecule has 4 aromatic rings. The molecule has 1 unspecified atom stereocenters. The third kappa shape index (κ3) is 3.76. The number of benzene rings is 2. The van der Waals surface area contributed by atoms with E-state index in [1.54, 1.807) is 13.0 Å². The van der Waals surface area contributed by atoms with E-state index in [1.165, 1.54) is 28.9 Å². The van der Waals surface area contributed by atoms with Gasteiger partial charge in [0.15, 0.2) is 0 Å². The number of nitrogens with zero attached hydrogens (tertiary/aromatic N) is 5. The standard InChI is InChI=1S/C22H15ClF4N6/c1-12-18(19(23)32(30-12)15-5-3-2-4-6-15)17-11-16(13-7-9-14(24)10-8-13)28-21-29-20(22(25,26)27)31-33(17)21/h2-11,17H,1H3,(H,28,29,31). The van der Waals surface area contributed by atoms with Crippen molar-refractivity contribution in [2.45, 2.75) is 19.1 Å². The number of alkyl halides is 3. The Bertz CT molecular complexity index is 1360. The number of halogens is 5. The van der Waals surface area contributed by atoms with Crippen LogP contribution in [-0.2, 0) is 6.18 Å². The van der Waals surface area contributed by atoms with E-state index in [9.17, 15) is 17.6 Å². The minimum absolute atomic E-state index is 0.114. The number of aromatic nitrogens is 5. The number of para-hydroxylation sites is 1. The van der Waals surface area contributed by atoms with Gasteiger partial charge in [0, 0.05) is 11.3 Å². The highest BCUT2D eigenvalue weighted by Gasteiger charge is 2.40. The van der Waals surface area contributed by atoms with Crippen LogP contribution in [-0.4, -0.2) is 24.5 Å². The lowest BCUT2D eigenvalue weighted by atomic mass is 10.0. The lowest BCUT2D eigenvalue weighted by molar-refractivity contribution is -0.145. The monoisotopic (exact) mass is 474 g/mol. The molecule has 11 heteroatoms. The molecule has 33 heavy (non-hydrogen) atoms. The summed E-state index contributed by atoms with van der Waals surface area (Å²) in [6.45, 7) is 1.72. The first-order valence-corrected chi connectivity index (χ1v) is 10.2. The second-order valence-corrected chi connectivity index (χ2v) is 7.75. The summed E-state index contributed by atoms with van der Waals surface area (Å²) in [5.74, 6) is -1.83. The van der Waals surface area contributed by atoms with Crippen molar-refractivity contribution in [1.29, 1.82) is 0 Å². The first-order chi connectivity index (χ1) is 15.7. The maximum atomic E-state index is 13.4. The molecule has 0 spiro atoms. The third-order valence-electron chi connectivity index (χ3n) is 5.22. The lowest BCUT2D eigenvalue weighted by Crippen LogP contribution is -2.21. The van der Waals surface area contributed by atoms with Gasteiger partial charge in [-0.05, 0) is 55.0 Å². The fourth-order valence-electron chi connectivity index (χ4n) is 3.70. The predicted molar refractivity (Wildman–Crippen MR) is 114 cm³/mol. The Morgan fingerprint density at radius 3 is 2.36 bits per heavy atom. The van der Waals surface area contributed by atoms with Crippen molar-refractivity contribution < 1.29 is 17.6 Å². The lowest BCUT2D eigenvalue weighted by Gasteiger charge is -2.24. The molecular weight excluding hydrogens is 460 g/mol. The summed E-state index contributed by atoms with van der Waals surface area (Å²) in [6.07, 6.45) is -3.07. The maximum Gasteiger partial charge on any atom is 0.453 e. The Morgan fingerprint density at radius 1 is 1.00 bits per heavy atom. The predicted octanol–water partition coefficient (Wildman–Crippen LogP) is 5.64. The van der Waals surface area contributed by atoms with E-state index in [-0.39, 0.29) is 11.1 Å². The number of aryl methyl sites for hydroxylation is 1. The van der Waals surface area contributed by atoms with Gasteiger partial charge in [0.25, 0.3) is 5.82 Å². The van der Waals surface area contributed by atoms with Crippen molar-refractivity contribution in [3.05, 3.63) is 94.3 Å². The smallest absolute Gasteiger partial charge is 0.324 e. The van der Waals surface area contributed by atoms with Crippen molar-refractivity contribution in [3.8, 4) is 5.69 Å². The summed E-state index contributed by atoms with van der Waals surface area (Å²) in [4.78, 5) is 3.65. The quantitative estimate of drug-likeness (QED) is 0.390. The minimum Gasteiger partial charge on any atom is -0.324 e. The highest BCUT2D eigenvalue weighted by molar-refractivity contribution is 6.30. The summed E-state index contributed by atoms with van der Waals surface area (Å²) in [5, 5.41) is 11.3. The minimum atomic E-state index is -4.74. The molecule has 1 atom stereocenters. The summed E-state index contributed by atoms with van der Waals surface area (Å²) in [5.41, 5.74) is 2.69. The second-order valence-electron chi connectivity index (χ2n) is 7.40. The van der Waals surface area contributed by atoms with E-state index in [2.05, 4.69) is 20.5 Å². The van der Waals surface area contributed by atoms with Crippen LogP contribution < -0.4 is 5.32 Å². The summed E-state index contributed by atoms with van der Waals surface area (Å²) < 4.78 is 56.2. The number of rotatable bonds is 3. The fourth-order valence-corrected chi connectivity index (χ4v) is 4.09. The highest BCUT2D eigenvalue weighted by atomic mass is 35.5. The Hall–Kier alpha value is -3.66. The number of allylic oxidation sites excluding steroid dienone is 1. The molecule has 6 nitrogen and oxygen atoms in total. The van der Waals surface area contributed by atoms with Crippen LogP contribution in [0.5, 0.6) is 0 Å². The molecule has 0 fully saturated rings. The number of anilines is 1. The van der Waals surface area contributed by atoms with Gasteiger partial charge in [-0.1, -0.05) is 29.8 Å². The van der Waals surface area contributed by atoms with Crippen molar-refractivity contribution in [1.82, 2.24) is 24.5 Å². The molecule has 1 aliphatic heterocycles. The van der Waals surface area contributed by atoms with Gasteiger partial charge in [-0.25, -0.2) is 13.8 Å². The molecule has 0 aliphatic carbocycles. The van der Waals surface area contributed by atoms with Gasteiger partial charge in [0.2, 0.25) is 5.95 Å². The zero-order valence-corrected chi connectivity index (χ0v) is 17.7. The number of hydrogen-bond acceptors (Lipinski definition) is 4. The summed E-state index contributed by atoms with van der Waals surface area (Å²) in [7, 11) is 0. The number of nitrogens with one attached hydrogen (secondary N) is 1. The second kappa shape index (κ2) is 7.73. The van der Waals surface area contributed by atoms with Crippen molar-refractivity contribution in [3.63, 3.8) is 0 Å². The van der Waals surface area contributed by atoms with E-state index in [0.29, 0.717) is 28.2 Å². The first-order valence-electron chi connectivity index (χ1n) is 9.81. The van der Waals surface area contributed by atoms with Crippen LogP contribution in [0.25, 0.3) is 11.4 Å². The van der Waals surface area contributed by atoms with Gasteiger partial charge < -0.3 is 5.32 Å². The molecule has 3 heterocycles. The van der Waals surface area contributed by atoms with E-state index in [0.717, 1.165) is 4.68 Å². The molecule has 1 N–H and O–H groups in total. The molecule has 2 aromatic heterocycles. The van der Waals surface area contributed by atoms with E-state index < -0.39 is 23.9 Å². The average Bonchev–Trinajstić information content (AvgIpc) is 3.35. The molecule has 0 bridgehead atoms. The molecule has 0 amide bonds. The topological polar surface area (TPSA) is 60.6 Å². The Labute approximate surface area is 190 Å². The zero-order valence-electron chi connectivity index (χ0n) is 17.0. The van der Waals surface area contributed by atoms with Gasteiger partial charge in [0.1, 0.15) is 17.0 Å². The molecule has 2 aromatic carbocycles. The van der Waals surface area contributed by atoms with Crippen molar-refractivity contribution in [2.24, 2.45) is 0 Å². The van der Waals surface area contributed by atoms with Crippen LogP contribution in [0.15, 0.2) is 60.7 Å². The SMILES string of the molecule is Cc1nn(-c2ccccc2)c(Cl)c1C1C=C(c2ccc(F)cc2)Nc2nc(C(F)(F)F)nn21. The fraction of sp³-hybridized carbons (Fsp3) is 0.136. The number of fused-ring (bicyclic) bond motifs is 1. The summed E-state index contributed by atoms with van der Waals surface area (Å²) >= 11 is 6.69. The van der Waals surface area contributed by atoms with Crippen LogP contribution >= 0.6 is 11.6 Å². The largest absolute Gasteiger partial charge is 0.453 e. The molecule has 0 radical (unpaired) electrons. The molecular formula is C22H15ClF4N6. The van der Waals surface area contributed by atoms with Crippen LogP contribution in [0.2, 0.25) is 5.15 Å². The van der Waals surface area contributed by atoms with Gasteiger partial charge in [-0.15, -0.1) is 5.10 Å². The van der Waals surface area contributed by atoms with E-state index in [4.69, 9.17) is 11.6 Å². The normalized spacial score (nSPS) is 15.7. The van der Waals surface area contributed by atoms with Crippen molar-refractivity contribution in [2.75, 3.05) is 5.32 Å². The van der Waals surface area contributed by atoms with Gasteiger partial charge in [-0.3, -0.25) is 0 Å². The first kappa shape index (κ1) is 21.2. The van der Waals surface area contributed by atoms with Gasteiger partial charge >= 0.3 is 6.18 Å². The van der Waals surface area contributed by atoms with E-state index in [1.807, 2.05) is 30.3 Å². The Morgan fingerprint density at radius 2 is 1.70 bits per heavy atom. The zero-order chi connectivity index (χ0) is 23.3. The van der Waals surface area contributed by atoms with Crippen LogP contribution in [0, 0.1) is 12.7 Å². The molecule has 1 aliphatic rings. The number of hydrogen-bond donors (Lipinski definition) is 1. The molecule has 0 saturated heterocycles. The van der Waals surface area contributed by atoms with Crippen molar-refractivity contribution >= 4 is 23.2 Å². The average molecular weight is 475 g/mol.